The molecule has 1 aromatic rings. The van der Waals surface area contributed by atoms with E-state index in [0.29, 0.717) is 6.61 Å². The van der Waals surface area contributed by atoms with Crippen LogP contribution in [-0.2, 0) is 25.0 Å². The SMILES string of the molecule is C[N+](C)(C)CCOC(=O)c1ccccc1O.O=S([O-])S(=O)[O-].[Na+]. The topological polar surface area (TPSA) is 127 Å². The first kappa shape index (κ1) is 24.9. The summed E-state index contributed by atoms with van der Waals surface area (Å²) in [6.45, 7) is 1.08. The second-order valence-electron chi connectivity index (χ2n) is 5.08. The Morgan fingerprint density at radius 3 is 2.04 bits per heavy atom. The van der Waals surface area contributed by atoms with Gasteiger partial charge in [-0.2, -0.15) is 0 Å². The first-order chi connectivity index (χ1) is 10.0. The number of aromatic hydroxyl groups is 1. The van der Waals surface area contributed by atoms with Crippen LogP contribution in [-0.4, -0.2) is 67.4 Å². The Bertz CT molecular complexity index is 536. The molecule has 0 heterocycles. The van der Waals surface area contributed by atoms with E-state index < -0.39 is 26.2 Å². The molecule has 0 spiro atoms. The molecule has 0 fully saturated rings. The normalized spacial score (nSPS) is 12.9. The van der Waals surface area contributed by atoms with Crippen LogP contribution in [0.2, 0.25) is 0 Å². The molecular formula is C12H18NNaO7S2. The average Bonchev–Trinajstić information content (AvgIpc) is 2.38. The third kappa shape index (κ3) is 12.7. The molecule has 0 bridgehead atoms. The van der Waals surface area contributed by atoms with Crippen LogP contribution in [0.25, 0.3) is 0 Å². The minimum Gasteiger partial charge on any atom is -0.763 e. The van der Waals surface area contributed by atoms with Gasteiger partial charge in [0.25, 0.3) is 0 Å². The van der Waals surface area contributed by atoms with Crippen LogP contribution >= 0.6 is 0 Å². The molecule has 8 nitrogen and oxygen atoms in total. The van der Waals surface area contributed by atoms with E-state index in [1.54, 1.807) is 18.2 Å². The predicted molar refractivity (Wildman–Crippen MR) is 79.1 cm³/mol. The Hall–Kier alpha value is -0.330. The molecule has 0 aromatic heterocycles. The predicted octanol–water partition coefficient (Wildman–Crippen LogP) is -3.08. The zero-order valence-electron chi connectivity index (χ0n) is 13.4. The monoisotopic (exact) mass is 375 g/mol. The summed E-state index contributed by atoms with van der Waals surface area (Å²) >= 11 is 0. The summed E-state index contributed by atoms with van der Waals surface area (Å²) in [4.78, 5) is 11.6. The van der Waals surface area contributed by atoms with E-state index in [0.717, 1.165) is 11.0 Å². The zero-order chi connectivity index (χ0) is 17.3. The van der Waals surface area contributed by atoms with Crippen molar-refractivity contribution >= 4 is 26.2 Å². The van der Waals surface area contributed by atoms with Gasteiger partial charge >= 0.3 is 35.5 Å². The minimum atomic E-state index is -2.95. The number of nitrogens with zero attached hydrogens (tertiary/aromatic N) is 1. The van der Waals surface area contributed by atoms with Crippen LogP contribution in [0.15, 0.2) is 24.3 Å². The van der Waals surface area contributed by atoms with Crippen molar-refractivity contribution in [1.82, 2.24) is 0 Å². The number of rotatable bonds is 5. The number of hydrogen-bond donors (Lipinski definition) is 1. The van der Waals surface area contributed by atoms with Crippen LogP contribution in [0.4, 0.5) is 0 Å². The number of carbonyl (C=O) groups is 1. The van der Waals surface area contributed by atoms with Crippen LogP contribution in [0.1, 0.15) is 10.4 Å². The zero-order valence-corrected chi connectivity index (χ0v) is 17.0. The molecule has 0 aliphatic rings. The van der Waals surface area contributed by atoms with Gasteiger partial charge in [-0.25, -0.2) is 4.79 Å². The van der Waals surface area contributed by atoms with E-state index in [4.69, 9.17) is 22.3 Å². The molecular weight excluding hydrogens is 357 g/mol. The Balaban J connectivity index is 0. The van der Waals surface area contributed by atoms with Gasteiger partial charge in [-0.15, -0.1) is 0 Å². The third-order valence-corrected chi connectivity index (χ3v) is 3.12. The molecule has 23 heavy (non-hydrogen) atoms. The van der Waals surface area contributed by atoms with Crippen molar-refractivity contribution in [3.05, 3.63) is 29.8 Å². The summed E-state index contributed by atoms with van der Waals surface area (Å²) in [5.41, 5.74) is 0.212. The molecule has 1 aromatic carbocycles. The van der Waals surface area contributed by atoms with Crippen molar-refractivity contribution in [3.63, 3.8) is 0 Å². The van der Waals surface area contributed by atoms with Crippen LogP contribution < -0.4 is 29.6 Å². The number of benzene rings is 1. The maximum absolute atomic E-state index is 11.6. The van der Waals surface area contributed by atoms with E-state index in [2.05, 4.69) is 0 Å². The Morgan fingerprint density at radius 1 is 1.17 bits per heavy atom. The molecule has 0 saturated carbocycles. The number of quaternary nitrogens is 1. The minimum absolute atomic E-state index is 0. The van der Waals surface area contributed by atoms with E-state index in [1.807, 2.05) is 21.1 Å². The number of phenolic OH excluding ortho intramolecular Hbond substituents is 1. The second kappa shape index (κ2) is 12.1. The van der Waals surface area contributed by atoms with E-state index in [1.165, 1.54) is 6.07 Å². The molecule has 0 aliphatic carbocycles. The average molecular weight is 375 g/mol. The summed E-state index contributed by atoms with van der Waals surface area (Å²) in [6.07, 6.45) is 0. The van der Waals surface area contributed by atoms with Crippen LogP contribution in [0, 0.1) is 0 Å². The summed E-state index contributed by atoms with van der Waals surface area (Å²) < 4.78 is 42.1. The van der Waals surface area contributed by atoms with Gasteiger partial charge in [0.05, 0.1) is 21.1 Å². The number of carbonyl (C=O) groups excluding carboxylic acids is 1. The van der Waals surface area contributed by atoms with Crippen molar-refractivity contribution in [3.8, 4) is 5.75 Å². The first-order valence-electron chi connectivity index (χ1n) is 5.99. The number of likely N-dealkylation sites (N-methyl/N-ethyl adjacent to an activating group) is 1. The van der Waals surface area contributed by atoms with Gasteiger partial charge in [-0.05, 0) is 12.1 Å². The van der Waals surface area contributed by atoms with Gasteiger partial charge < -0.3 is 23.4 Å². The largest absolute Gasteiger partial charge is 1.00 e. The molecule has 2 unspecified atom stereocenters. The molecule has 0 aliphatic heterocycles. The van der Waals surface area contributed by atoms with Crippen molar-refractivity contribution < 1.29 is 66.2 Å². The van der Waals surface area contributed by atoms with Gasteiger partial charge in [0.2, 0.25) is 0 Å². The fourth-order valence-corrected chi connectivity index (χ4v) is 1.14. The fraction of sp³-hybridized carbons (Fsp3) is 0.417. The molecule has 1 N–H and O–H groups in total. The molecule has 2 atom stereocenters. The number of ether oxygens (including phenoxy) is 1. The van der Waals surface area contributed by atoms with Gasteiger partial charge in [0.1, 0.15) is 24.5 Å². The van der Waals surface area contributed by atoms with Crippen molar-refractivity contribution in [2.75, 3.05) is 34.3 Å². The molecule has 0 saturated heterocycles. The van der Waals surface area contributed by atoms with Gasteiger partial charge in [-0.1, -0.05) is 12.1 Å². The Labute approximate surface area is 161 Å². The van der Waals surface area contributed by atoms with E-state index in [-0.39, 0.29) is 40.9 Å². The number of hydrogen-bond acceptors (Lipinski definition) is 7. The maximum atomic E-state index is 11.6. The van der Waals surface area contributed by atoms with Crippen molar-refractivity contribution in [2.45, 2.75) is 0 Å². The summed E-state index contributed by atoms with van der Waals surface area (Å²) in [6, 6.07) is 6.37. The number of phenols is 1. The fourth-order valence-electron chi connectivity index (χ4n) is 1.14. The Kier molecular flexibility index (Phi) is 13.1. The van der Waals surface area contributed by atoms with Gasteiger partial charge in [0, 0.05) is 20.2 Å². The maximum Gasteiger partial charge on any atom is 1.00 e. The molecule has 11 heteroatoms. The van der Waals surface area contributed by atoms with Crippen molar-refractivity contribution in [1.29, 1.82) is 0 Å². The smallest absolute Gasteiger partial charge is 0.763 e. The van der Waals surface area contributed by atoms with E-state index in [9.17, 15) is 9.90 Å². The molecule has 126 valence electrons. The van der Waals surface area contributed by atoms with Gasteiger partial charge in [0.15, 0.2) is 0 Å². The second-order valence-corrected chi connectivity index (χ2v) is 7.52. The summed E-state index contributed by atoms with van der Waals surface area (Å²) in [5.74, 6) is -0.524. The number of para-hydroxylation sites is 1. The van der Waals surface area contributed by atoms with Crippen LogP contribution in [0.3, 0.4) is 0 Å². The third-order valence-electron chi connectivity index (χ3n) is 2.23. The van der Waals surface area contributed by atoms with Crippen molar-refractivity contribution in [2.24, 2.45) is 0 Å². The standard InChI is InChI=1S/C12H17NO3.Na.H2O4S2/c1-13(2,3)8-9-16-12(15)10-6-4-5-7-11(10)14;;1-5(2)6(3)4/h4-7H,8-9H2,1-3H3;;(H,1,2)(H,3,4)/q;+1;/p-1. The summed E-state index contributed by atoms with van der Waals surface area (Å²) in [5, 5.41) is 9.44. The first-order valence-corrected chi connectivity index (χ1v) is 8.66. The summed E-state index contributed by atoms with van der Waals surface area (Å²) in [7, 11) is 0.164. The molecule has 0 radical (unpaired) electrons. The molecule has 0 amide bonds. The van der Waals surface area contributed by atoms with E-state index >= 15 is 0 Å². The molecule has 1 rings (SSSR count). The van der Waals surface area contributed by atoms with Crippen LogP contribution in [0.5, 0.6) is 5.75 Å². The quantitative estimate of drug-likeness (QED) is 0.190. The van der Waals surface area contributed by atoms with Gasteiger partial charge in [-0.3, -0.25) is 8.42 Å². The Morgan fingerprint density at radius 2 is 1.65 bits per heavy atom. The number of esters is 1.